The molecule has 21 heavy (non-hydrogen) atoms. The van der Waals surface area contributed by atoms with Crippen molar-refractivity contribution in [1.82, 2.24) is 5.32 Å². The molecule has 0 radical (unpaired) electrons. The topological polar surface area (TPSA) is 29.1 Å². The van der Waals surface area contributed by atoms with Gasteiger partial charge in [0, 0.05) is 16.3 Å². The molecule has 0 aromatic carbocycles. The summed E-state index contributed by atoms with van der Waals surface area (Å²) in [6.45, 7) is 4.61. The maximum absolute atomic E-state index is 12.7. The fourth-order valence-corrected chi connectivity index (χ4v) is 5.02. The van der Waals surface area contributed by atoms with Crippen molar-refractivity contribution in [2.24, 2.45) is 11.8 Å². The number of hydrogen-bond donors (Lipinski definition) is 1. The third-order valence-electron chi connectivity index (χ3n) is 5.58. The molecule has 1 saturated carbocycles. The van der Waals surface area contributed by atoms with Crippen LogP contribution in [0.15, 0.2) is 5.38 Å². The Kier molecular flexibility index (Phi) is 4.68. The Balaban J connectivity index is 1.72. The molecule has 0 bridgehead atoms. The van der Waals surface area contributed by atoms with Crippen LogP contribution in [0.1, 0.15) is 73.2 Å². The zero-order valence-electron chi connectivity index (χ0n) is 13.3. The zero-order chi connectivity index (χ0) is 14.8. The van der Waals surface area contributed by atoms with E-state index >= 15 is 0 Å². The highest BCUT2D eigenvalue weighted by molar-refractivity contribution is 7.10. The molecule has 3 unspecified atom stereocenters. The maximum Gasteiger partial charge on any atom is 0.252 e. The summed E-state index contributed by atoms with van der Waals surface area (Å²) in [5.74, 6) is 1.50. The highest BCUT2D eigenvalue weighted by Gasteiger charge is 2.29. The molecule has 3 heteroatoms. The molecular formula is C18H27NOS. The summed E-state index contributed by atoms with van der Waals surface area (Å²) < 4.78 is 0. The Labute approximate surface area is 132 Å². The number of aryl methyl sites for hydroxylation is 1. The van der Waals surface area contributed by atoms with Crippen LogP contribution in [0, 0.1) is 11.8 Å². The lowest BCUT2D eigenvalue weighted by atomic mass is 9.78. The molecule has 2 aliphatic carbocycles. The molecule has 3 rings (SSSR count). The van der Waals surface area contributed by atoms with E-state index in [4.69, 9.17) is 0 Å². The second-order valence-electron chi connectivity index (χ2n) is 6.96. The number of carbonyl (C=O) groups is 1. The molecular weight excluding hydrogens is 278 g/mol. The molecule has 1 amide bonds. The minimum Gasteiger partial charge on any atom is -0.349 e. The molecule has 0 aliphatic heterocycles. The average Bonchev–Trinajstić information content (AvgIpc) is 2.73. The van der Waals surface area contributed by atoms with Crippen LogP contribution in [0.3, 0.4) is 0 Å². The van der Waals surface area contributed by atoms with Crippen molar-refractivity contribution in [3.8, 4) is 0 Å². The van der Waals surface area contributed by atoms with Crippen LogP contribution < -0.4 is 5.32 Å². The molecule has 1 N–H and O–H groups in total. The fraction of sp³-hybridized carbons (Fsp3) is 0.722. The van der Waals surface area contributed by atoms with Crippen molar-refractivity contribution >= 4 is 17.2 Å². The molecule has 1 fully saturated rings. The largest absolute Gasteiger partial charge is 0.349 e. The summed E-state index contributed by atoms with van der Waals surface area (Å²) in [6.07, 6.45) is 9.79. The van der Waals surface area contributed by atoms with Gasteiger partial charge in [0.1, 0.15) is 0 Å². The lowest BCUT2D eigenvalue weighted by Crippen LogP contribution is -2.43. The first-order chi connectivity index (χ1) is 10.2. The van der Waals surface area contributed by atoms with E-state index in [1.165, 1.54) is 49.0 Å². The summed E-state index contributed by atoms with van der Waals surface area (Å²) >= 11 is 1.80. The highest BCUT2D eigenvalue weighted by Crippen LogP contribution is 2.32. The molecule has 0 spiro atoms. The molecule has 2 aliphatic rings. The predicted octanol–water partition coefficient (Wildman–Crippen LogP) is 4.57. The van der Waals surface area contributed by atoms with Crippen molar-refractivity contribution in [2.75, 3.05) is 0 Å². The molecule has 1 aromatic heterocycles. The Bertz CT molecular complexity index is 507. The Morgan fingerprint density at radius 3 is 2.81 bits per heavy atom. The Morgan fingerprint density at radius 1 is 1.14 bits per heavy atom. The van der Waals surface area contributed by atoms with Crippen LogP contribution in [0.4, 0.5) is 0 Å². The third kappa shape index (κ3) is 3.18. The van der Waals surface area contributed by atoms with Crippen molar-refractivity contribution < 1.29 is 4.79 Å². The van der Waals surface area contributed by atoms with Crippen LogP contribution in [0.2, 0.25) is 0 Å². The van der Waals surface area contributed by atoms with Gasteiger partial charge in [-0.25, -0.2) is 0 Å². The molecule has 0 saturated heterocycles. The van der Waals surface area contributed by atoms with E-state index in [2.05, 4.69) is 24.5 Å². The standard InChI is InChI=1S/C18H27NOS/c1-12-7-6-9-16(13(12)2)19-18(20)15-11-21-17-10-5-3-4-8-14(15)17/h11-13,16H,3-10H2,1-2H3,(H,19,20). The number of carbonyl (C=O) groups excluding carboxylic acids is 1. The minimum absolute atomic E-state index is 0.181. The van der Waals surface area contributed by atoms with Gasteiger partial charge in [-0.1, -0.05) is 33.1 Å². The summed E-state index contributed by atoms with van der Waals surface area (Å²) in [5, 5.41) is 5.44. The fourth-order valence-electron chi connectivity index (χ4n) is 3.89. The van der Waals surface area contributed by atoms with Gasteiger partial charge in [-0.05, 0) is 49.5 Å². The first kappa shape index (κ1) is 15.1. The van der Waals surface area contributed by atoms with Crippen molar-refractivity contribution in [3.05, 3.63) is 21.4 Å². The number of amides is 1. The summed E-state index contributed by atoms with van der Waals surface area (Å²) in [6, 6.07) is 0.363. The first-order valence-corrected chi connectivity index (χ1v) is 9.45. The van der Waals surface area contributed by atoms with Gasteiger partial charge in [-0.15, -0.1) is 11.3 Å². The summed E-state index contributed by atoms with van der Waals surface area (Å²) in [5.41, 5.74) is 2.33. The van der Waals surface area contributed by atoms with Gasteiger partial charge in [-0.3, -0.25) is 4.79 Å². The second kappa shape index (κ2) is 6.51. The predicted molar refractivity (Wildman–Crippen MR) is 89.0 cm³/mol. The van der Waals surface area contributed by atoms with E-state index in [1.807, 2.05) is 0 Å². The van der Waals surface area contributed by atoms with Gasteiger partial charge >= 0.3 is 0 Å². The van der Waals surface area contributed by atoms with Crippen LogP contribution in [-0.2, 0) is 12.8 Å². The molecule has 3 atom stereocenters. The van der Waals surface area contributed by atoms with Gasteiger partial charge in [-0.2, -0.15) is 0 Å². The van der Waals surface area contributed by atoms with Crippen LogP contribution in [0.5, 0.6) is 0 Å². The Hall–Kier alpha value is -0.830. The average molecular weight is 305 g/mol. The molecule has 1 heterocycles. The lowest BCUT2D eigenvalue weighted by Gasteiger charge is -2.34. The number of thiophene rings is 1. The van der Waals surface area contributed by atoms with Crippen molar-refractivity contribution in [2.45, 2.75) is 71.3 Å². The van der Waals surface area contributed by atoms with E-state index < -0.39 is 0 Å². The lowest BCUT2D eigenvalue weighted by molar-refractivity contribution is 0.0890. The molecule has 2 nitrogen and oxygen atoms in total. The van der Waals surface area contributed by atoms with Gasteiger partial charge in [0.15, 0.2) is 0 Å². The smallest absolute Gasteiger partial charge is 0.252 e. The number of nitrogens with one attached hydrogen (secondary N) is 1. The van der Waals surface area contributed by atoms with Crippen LogP contribution >= 0.6 is 11.3 Å². The third-order valence-corrected chi connectivity index (χ3v) is 6.67. The van der Waals surface area contributed by atoms with Gasteiger partial charge in [0.25, 0.3) is 5.91 Å². The zero-order valence-corrected chi connectivity index (χ0v) is 14.1. The first-order valence-electron chi connectivity index (χ1n) is 8.57. The van der Waals surface area contributed by atoms with E-state index in [-0.39, 0.29) is 5.91 Å². The van der Waals surface area contributed by atoms with E-state index in [0.29, 0.717) is 12.0 Å². The number of hydrogen-bond acceptors (Lipinski definition) is 2. The van der Waals surface area contributed by atoms with E-state index in [0.717, 1.165) is 24.3 Å². The number of fused-ring (bicyclic) bond motifs is 1. The normalized spacial score (nSPS) is 29.5. The maximum atomic E-state index is 12.7. The van der Waals surface area contributed by atoms with Crippen molar-refractivity contribution in [1.29, 1.82) is 0 Å². The molecule has 116 valence electrons. The van der Waals surface area contributed by atoms with Crippen LogP contribution in [0.25, 0.3) is 0 Å². The van der Waals surface area contributed by atoms with Crippen LogP contribution in [-0.4, -0.2) is 11.9 Å². The summed E-state index contributed by atoms with van der Waals surface area (Å²) in [4.78, 5) is 14.2. The minimum atomic E-state index is 0.181. The quantitative estimate of drug-likeness (QED) is 0.797. The van der Waals surface area contributed by atoms with E-state index in [9.17, 15) is 4.79 Å². The highest BCUT2D eigenvalue weighted by atomic mass is 32.1. The van der Waals surface area contributed by atoms with Gasteiger partial charge < -0.3 is 5.32 Å². The second-order valence-corrected chi connectivity index (χ2v) is 7.92. The van der Waals surface area contributed by atoms with Gasteiger partial charge in [0.05, 0.1) is 5.56 Å². The van der Waals surface area contributed by atoms with E-state index in [1.54, 1.807) is 11.3 Å². The van der Waals surface area contributed by atoms with Crippen molar-refractivity contribution in [3.63, 3.8) is 0 Å². The van der Waals surface area contributed by atoms with Gasteiger partial charge in [0.2, 0.25) is 0 Å². The molecule has 1 aromatic rings. The monoisotopic (exact) mass is 305 g/mol. The SMILES string of the molecule is CC1CCCC(NC(=O)c2csc3c2CCCCC3)C1C. The summed E-state index contributed by atoms with van der Waals surface area (Å²) in [7, 11) is 0. The Morgan fingerprint density at radius 2 is 1.95 bits per heavy atom. The number of rotatable bonds is 2.